The zero-order chi connectivity index (χ0) is 9.84. The van der Waals surface area contributed by atoms with E-state index < -0.39 is 22.8 Å². The molecule has 0 aromatic carbocycles. The van der Waals surface area contributed by atoms with Crippen LogP contribution < -0.4 is 0 Å². The lowest BCUT2D eigenvalue weighted by atomic mass is 10.5. The van der Waals surface area contributed by atoms with Crippen molar-refractivity contribution in [3.8, 4) is 0 Å². The molecular formula is C9H12O3S. The number of esters is 2. The van der Waals surface area contributed by atoms with Crippen LogP contribution in [0.4, 0.5) is 0 Å². The Morgan fingerprint density at radius 3 is 2.31 bits per heavy atom. The number of thiol groups is 1. The van der Waals surface area contributed by atoms with Gasteiger partial charge >= 0.3 is 11.9 Å². The van der Waals surface area contributed by atoms with Crippen LogP contribution in [0.25, 0.3) is 0 Å². The summed E-state index contributed by atoms with van der Waals surface area (Å²) in [6.45, 7) is 3.01. The molecule has 1 unspecified atom stereocenters. The predicted octanol–water partition coefficient (Wildman–Crippen LogP) is 1.51. The molecule has 1 atom stereocenters. The Morgan fingerprint density at radius 2 is 1.85 bits per heavy atom. The van der Waals surface area contributed by atoms with Gasteiger partial charge in [0.05, 0.1) is 5.25 Å². The minimum atomic E-state index is -0.564. The lowest BCUT2D eigenvalue weighted by Crippen LogP contribution is -2.21. The van der Waals surface area contributed by atoms with E-state index in [9.17, 15) is 9.59 Å². The van der Waals surface area contributed by atoms with Gasteiger partial charge in [0, 0.05) is 6.92 Å². The normalized spacial score (nSPS) is 18.8. The maximum Gasteiger partial charge on any atom is 0.325 e. The monoisotopic (exact) mass is 200 g/mol. The van der Waals surface area contributed by atoms with Crippen molar-refractivity contribution >= 4 is 22.8 Å². The fraction of sp³-hybridized carbons (Fsp3) is 0.333. The first kappa shape index (κ1) is 10.1. The third-order valence-corrected chi connectivity index (χ3v) is 3.80. The van der Waals surface area contributed by atoms with Gasteiger partial charge in [-0.15, -0.1) is 0 Å². The van der Waals surface area contributed by atoms with Gasteiger partial charge in [0.2, 0.25) is 0 Å². The van der Waals surface area contributed by atoms with Crippen molar-refractivity contribution in [3.05, 3.63) is 23.0 Å². The van der Waals surface area contributed by atoms with Gasteiger partial charge in [-0.1, -0.05) is 12.2 Å². The van der Waals surface area contributed by atoms with Crippen molar-refractivity contribution in [1.29, 1.82) is 0 Å². The van der Waals surface area contributed by atoms with Gasteiger partial charge in [0.25, 0.3) is 0 Å². The molecule has 0 N–H and O–H groups in total. The van der Waals surface area contributed by atoms with Crippen molar-refractivity contribution in [2.45, 2.75) is 19.1 Å². The Balaban J connectivity index is 2.51. The van der Waals surface area contributed by atoms with E-state index in [0.29, 0.717) is 0 Å². The average Bonchev–Trinajstić information content (AvgIpc) is 2.53. The molecule has 72 valence electrons. The van der Waals surface area contributed by atoms with Crippen LogP contribution >= 0.6 is 10.9 Å². The van der Waals surface area contributed by atoms with E-state index in [1.54, 1.807) is 6.92 Å². The van der Waals surface area contributed by atoms with Crippen LogP contribution in [0.3, 0.4) is 0 Å². The Morgan fingerprint density at radius 1 is 1.31 bits per heavy atom. The quantitative estimate of drug-likeness (QED) is 0.417. The van der Waals surface area contributed by atoms with Crippen LogP contribution in [0.1, 0.15) is 13.8 Å². The molecule has 0 bridgehead atoms. The van der Waals surface area contributed by atoms with Crippen LogP contribution in [-0.2, 0) is 14.3 Å². The van der Waals surface area contributed by atoms with E-state index in [-0.39, 0.29) is 5.25 Å². The predicted molar refractivity (Wildman–Crippen MR) is 53.5 cm³/mol. The van der Waals surface area contributed by atoms with Crippen molar-refractivity contribution in [2.75, 3.05) is 0 Å². The summed E-state index contributed by atoms with van der Waals surface area (Å²) in [6.07, 6.45) is 3.81. The third-order valence-electron chi connectivity index (χ3n) is 1.66. The molecule has 1 aliphatic rings. The highest BCUT2D eigenvalue weighted by molar-refractivity contribution is 8.23. The molecule has 1 rings (SSSR count). The van der Waals surface area contributed by atoms with Gasteiger partial charge in [-0.3, -0.25) is 9.59 Å². The molecule has 1 heterocycles. The maximum absolute atomic E-state index is 11.2. The van der Waals surface area contributed by atoms with Crippen molar-refractivity contribution in [2.24, 2.45) is 0 Å². The second-order valence-corrected chi connectivity index (χ2v) is 4.98. The lowest BCUT2D eigenvalue weighted by Gasteiger charge is -2.16. The van der Waals surface area contributed by atoms with Gasteiger partial charge < -0.3 is 4.74 Å². The summed E-state index contributed by atoms with van der Waals surface area (Å²) in [4.78, 5) is 21.7. The zero-order valence-corrected chi connectivity index (χ0v) is 8.45. The second-order valence-electron chi connectivity index (χ2n) is 2.72. The second kappa shape index (κ2) is 4.28. The average molecular weight is 200 g/mol. The fourth-order valence-electron chi connectivity index (χ4n) is 0.955. The van der Waals surface area contributed by atoms with Crippen LogP contribution in [0.2, 0.25) is 0 Å². The number of allylic oxidation sites excluding steroid dienone is 2. The molecule has 3 nitrogen and oxygen atoms in total. The first-order valence-electron chi connectivity index (χ1n) is 3.96. The molecule has 0 saturated carbocycles. The van der Waals surface area contributed by atoms with Gasteiger partial charge in [-0.05, 0) is 17.7 Å². The van der Waals surface area contributed by atoms with Gasteiger partial charge in [-0.25, -0.2) is 10.9 Å². The summed E-state index contributed by atoms with van der Waals surface area (Å²) in [5, 5.41) is 3.72. The number of carbonyl (C=O) groups excluding carboxylic acids is 2. The molecule has 0 aromatic heterocycles. The molecule has 4 heteroatoms. The number of hydrogen-bond donors (Lipinski definition) is 1. The SMILES string of the molecule is CC(=O)OC(=O)C(C)[SH]1C=CC=C1. The molecule has 1 aliphatic heterocycles. The van der Waals surface area contributed by atoms with Gasteiger partial charge in [-0.2, -0.15) is 0 Å². The summed E-state index contributed by atoms with van der Waals surface area (Å²) in [7, 11) is -0.564. The molecule has 13 heavy (non-hydrogen) atoms. The highest BCUT2D eigenvalue weighted by Gasteiger charge is 2.21. The van der Waals surface area contributed by atoms with Crippen LogP contribution in [-0.4, -0.2) is 17.2 Å². The fourth-order valence-corrected chi connectivity index (χ4v) is 2.46. The minimum absolute atomic E-state index is 0.228. The molecule has 0 radical (unpaired) electrons. The minimum Gasteiger partial charge on any atom is -0.393 e. The Bertz CT molecular complexity index is 269. The molecular weight excluding hydrogens is 188 g/mol. The summed E-state index contributed by atoms with van der Waals surface area (Å²) in [5.41, 5.74) is 0. The van der Waals surface area contributed by atoms with Gasteiger partial charge in [0.1, 0.15) is 0 Å². The summed E-state index contributed by atoms with van der Waals surface area (Å²) in [5.74, 6) is -0.978. The molecule has 0 spiro atoms. The topological polar surface area (TPSA) is 43.4 Å². The van der Waals surface area contributed by atoms with Crippen LogP contribution in [0, 0.1) is 0 Å². The van der Waals surface area contributed by atoms with E-state index in [1.807, 2.05) is 23.0 Å². The van der Waals surface area contributed by atoms with E-state index in [0.717, 1.165) is 0 Å². The zero-order valence-electron chi connectivity index (χ0n) is 7.56. The first-order chi connectivity index (χ1) is 6.11. The third kappa shape index (κ3) is 2.73. The molecule has 0 fully saturated rings. The lowest BCUT2D eigenvalue weighted by molar-refractivity contribution is -0.157. The van der Waals surface area contributed by atoms with Crippen molar-refractivity contribution in [3.63, 3.8) is 0 Å². The largest absolute Gasteiger partial charge is 0.393 e. The molecule has 0 aliphatic carbocycles. The first-order valence-corrected chi connectivity index (χ1v) is 5.51. The summed E-state index contributed by atoms with van der Waals surface area (Å²) >= 11 is 0. The molecule has 0 aromatic rings. The Labute approximate surface area is 79.8 Å². The van der Waals surface area contributed by atoms with Crippen LogP contribution in [0.5, 0.6) is 0 Å². The van der Waals surface area contributed by atoms with Crippen molar-refractivity contribution < 1.29 is 14.3 Å². The number of carbonyl (C=O) groups is 2. The van der Waals surface area contributed by atoms with Crippen molar-refractivity contribution in [1.82, 2.24) is 0 Å². The number of hydrogen-bond acceptors (Lipinski definition) is 3. The standard InChI is InChI=1S/C9H12O3S/c1-7(9(11)12-8(2)10)13-5-3-4-6-13/h3-7,13H,1-2H3. The van der Waals surface area contributed by atoms with E-state index in [1.165, 1.54) is 6.92 Å². The summed E-state index contributed by atoms with van der Waals surface area (Å²) in [6, 6.07) is 0. The smallest absolute Gasteiger partial charge is 0.325 e. The van der Waals surface area contributed by atoms with Gasteiger partial charge in [0.15, 0.2) is 0 Å². The van der Waals surface area contributed by atoms with E-state index in [4.69, 9.17) is 0 Å². The highest BCUT2D eigenvalue weighted by Crippen LogP contribution is 2.38. The summed E-state index contributed by atoms with van der Waals surface area (Å²) < 4.78 is 4.50. The Kier molecular flexibility index (Phi) is 3.31. The highest BCUT2D eigenvalue weighted by atomic mass is 32.2. The number of rotatable bonds is 2. The Hall–Kier alpha value is -1.03. The molecule has 0 amide bonds. The van der Waals surface area contributed by atoms with E-state index >= 15 is 0 Å². The maximum atomic E-state index is 11.2. The van der Waals surface area contributed by atoms with Crippen LogP contribution in [0.15, 0.2) is 23.0 Å². The number of ether oxygens (including phenoxy) is 1. The molecule has 0 saturated heterocycles. The van der Waals surface area contributed by atoms with E-state index in [2.05, 4.69) is 4.74 Å².